The number of likely N-dealkylation sites (N-methyl/N-ethyl adjacent to an activating group) is 1. The number of ether oxygens (including phenoxy) is 1. The first-order valence-electron chi connectivity index (χ1n) is 16.1. The van der Waals surface area contributed by atoms with Gasteiger partial charge in [-0.15, -0.1) is 0 Å². The molecule has 232 valence electrons. The number of alkyl halides is 1. The van der Waals surface area contributed by atoms with E-state index in [1.54, 1.807) is 18.3 Å². The van der Waals surface area contributed by atoms with Crippen molar-refractivity contribution in [1.29, 1.82) is 0 Å². The number of rotatable bonds is 10. The Bertz CT molecular complexity index is 1600. The van der Waals surface area contributed by atoms with Gasteiger partial charge in [0.05, 0.1) is 11.3 Å². The second-order valence-electron chi connectivity index (χ2n) is 12.1. The average molecular weight is 599 g/mol. The summed E-state index contributed by atoms with van der Waals surface area (Å²) in [6.07, 6.45) is 5.92. The first kappa shape index (κ1) is 30.3. The Morgan fingerprint density at radius 1 is 1.09 bits per heavy atom. The van der Waals surface area contributed by atoms with Crippen LogP contribution in [0.5, 0.6) is 5.75 Å². The lowest BCUT2D eigenvalue weighted by Gasteiger charge is -2.32. The lowest BCUT2D eigenvalue weighted by atomic mass is 9.80. The van der Waals surface area contributed by atoms with Crippen LogP contribution >= 0.6 is 0 Å². The second kappa shape index (κ2) is 13.5. The molecule has 1 N–H and O–H groups in total. The number of hydrogen-bond donors (Lipinski definition) is 1. The van der Waals surface area contributed by atoms with Crippen molar-refractivity contribution in [3.8, 4) is 17.0 Å². The van der Waals surface area contributed by atoms with E-state index in [1.165, 1.54) is 0 Å². The SMILES string of the molecule is CCN(CC)CCN1CCn2c(c([C@@H]3CCCC[C@H]3F)c3ccc(C(=O)O)cc32)-c2ccc(OCc3cccnc3)cc2C1. The van der Waals surface area contributed by atoms with Crippen molar-refractivity contribution in [3.05, 3.63) is 83.2 Å². The van der Waals surface area contributed by atoms with Crippen LogP contribution in [0.1, 0.15) is 72.5 Å². The molecule has 6 rings (SSSR count). The highest BCUT2D eigenvalue weighted by atomic mass is 19.1. The molecule has 0 bridgehead atoms. The molecule has 2 aromatic carbocycles. The normalized spacial score (nSPS) is 18.9. The minimum Gasteiger partial charge on any atom is -0.489 e. The molecule has 1 fully saturated rings. The van der Waals surface area contributed by atoms with Gasteiger partial charge in [0.25, 0.3) is 0 Å². The molecule has 4 aromatic rings. The molecule has 1 aliphatic carbocycles. The third kappa shape index (κ3) is 6.24. The number of carboxylic acid groups (broad SMARTS) is 1. The zero-order valence-corrected chi connectivity index (χ0v) is 25.8. The number of carboxylic acids is 1. The standard InChI is InChI=1S/C36H43FN4O3/c1-3-39(4-2)16-17-40-18-19-41-33-21-26(36(42)43)11-13-31(33)34(30-9-5-6-10-32(30)37)35(41)29-14-12-28(20-27(29)23-40)44-24-25-8-7-15-38-22-25/h7-8,11-15,20-22,30,32H,3-6,9-10,16-19,23-24H2,1-2H3,(H,42,43)/t30-,32-/m1/s1. The fourth-order valence-electron chi connectivity index (χ4n) is 7.06. The quantitative estimate of drug-likeness (QED) is 0.209. The molecule has 1 aliphatic heterocycles. The Kier molecular flexibility index (Phi) is 9.28. The van der Waals surface area contributed by atoms with Crippen LogP contribution in [0.3, 0.4) is 0 Å². The number of nitrogens with zero attached hydrogens (tertiary/aromatic N) is 4. The highest BCUT2D eigenvalue weighted by molar-refractivity contribution is 5.98. The monoisotopic (exact) mass is 598 g/mol. The van der Waals surface area contributed by atoms with Crippen molar-refractivity contribution in [2.24, 2.45) is 0 Å². The number of aromatic nitrogens is 2. The molecule has 2 atom stereocenters. The number of pyridine rings is 1. The molecule has 0 unspecified atom stereocenters. The average Bonchev–Trinajstić information content (AvgIpc) is 3.35. The summed E-state index contributed by atoms with van der Waals surface area (Å²) in [5.74, 6) is -0.381. The molecule has 2 aliphatic rings. The number of halogens is 1. The van der Waals surface area contributed by atoms with Crippen molar-refractivity contribution in [2.75, 3.05) is 32.7 Å². The minimum absolute atomic E-state index is 0.217. The van der Waals surface area contributed by atoms with Crippen molar-refractivity contribution >= 4 is 16.9 Å². The van der Waals surface area contributed by atoms with E-state index in [0.29, 0.717) is 19.6 Å². The van der Waals surface area contributed by atoms with Crippen molar-refractivity contribution in [1.82, 2.24) is 19.4 Å². The summed E-state index contributed by atoms with van der Waals surface area (Å²) in [5.41, 5.74) is 6.42. The van der Waals surface area contributed by atoms with Crippen LogP contribution in [0.25, 0.3) is 22.2 Å². The van der Waals surface area contributed by atoms with E-state index >= 15 is 4.39 Å². The van der Waals surface area contributed by atoms with E-state index in [2.05, 4.69) is 45.3 Å². The molecule has 0 saturated heterocycles. The van der Waals surface area contributed by atoms with Gasteiger partial charge in [-0.25, -0.2) is 9.18 Å². The van der Waals surface area contributed by atoms with Crippen LogP contribution in [-0.2, 0) is 19.7 Å². The maximum atomic E-state index is 15.8. The van der Waals surface area contributed by atoms with Gasteiger partial charge >= 0.3 is 5.97 Å². The first-order valence-corrected chi connectivity index (χ1v) is 16.1. The molecule has 2 aromatic heterocycles. The van der Waals surface area contributed by atoms with E-state index in [9.17, 15) is 9.90 Å². The fourth-order valence-corrected chi connectivity index (χ4v) is 7.06. The van der Waals surface area contributed by atoms with Crippen LogP contribution in [0.15, 0.2) is 60.9 Å². The smallest absolute Gasteiger partial charge is 0.335 e. The van der Waals surface area contributed by atoms with Gasteiger partial charge in [-0.3, -0.25) is 9.88 Å². The Balaban J connectivity index is 1.48. The van der Waals surface area contributed by atoms with E-state index in [0.717, 1.165) is 103 Å². The third-order valence-electron chi connectivity index (χ3n) is 9.52. The highest BCUT2D eigenvalue weighted by Crippen LogP contribution is 2.47. The van der Waals surface area contributed by atoms with Crippen LogP contribution < -0.4 is 4.74 Å². The zero-order valence-electron chi connectivity index (χ0n) is 25.8. The molecule has 0 spiro atoms. The summed E-state index contributed by atoms with van der Waals surface area (Å²) in [7, 11) is 0. The summed E-state index contributed by atoms with van der Waals surface area (Å²) in [6, 6.07) is 15.6. The highest BCUT2D eigenvalue weighted by Gasteiger charge is 2.34. The van der Waals surface area contributed by atoms with Crippen LogP contribution in [-0.4, -0.2) is 69.3 Å². The number of carbonyl (C=O) groups is 1. The number of hydrogen-bond acceptors (Lipinski definition) is 5. The maximum absolute atomic E-state index is 15.8. The van der Waals surface area contributed by atoms with Gasteiger partial charge in [0.2, 0.25) is 0 Å². The zero-order chi connectivity index (χ0) is 30.6. The molecular weight excluding hydrogens is 555 g/mol. The summed E-state index contributed by atoms with van der Waals surface area (Å²) >= 11 is 0. The summed E-state index contributed by atoms with van der Waals surface area (Å²) in [4.78, 5) is 21.2. The predicted molar refractivity (Wildman–Crippen MR) is 172 cm³/mol. The fraction of sp³-hybridized carbons (Fsp3) is 0.444. The Morgan fingerprint density at radius 3 is 2.68 bits per heavy atom. The van der Waals surface area contributed by atoms with E-state index < -0.39 is 12.1 Å². The van der Waals surface area contributed by atoms with Gasteiger partial charge < -0.3 is 19.3 Å². The molecule has 8 heteroatoms. The lowest BCUT2D eigenvalue weighted by molar-refractivity contribution is 0.0697. The first-order chi connectivity index (χ1) is 21.5. The molecule has 7 nitrogen and oxygen atoms in total. The van der Waals surface area contributed by atoms with Crippen LogP contribution in [0.4, 0.5) is 4.39 Å². The van der Waals surface area contributed by atoms with Gasteiger partial charge in [0.15, 0.2) is 0 Å². The molecule has 3 heterocycles. The topological polar surface area (TPSA) is 70.8 Å². The predicted octanol–water partition coefficient (Wildman–Crippen LogP) is 7.13. The molecular formula is C36H43FN4O3. The van der Waals surface area contributed by atoms with Gasteiger partial charge in [0.1, 0.15) is 18.5 Å². The minimum atomic E-state index is -0.951. The molecule has 1 saturated carbocycles. The largest absolute Gasteiger partial charge is 0.489 e. The number of fused-ring (bicyclic) bond motifs is 5. The van der Waals surface area contributed by atoms with E-state index in [1.807, 2.05) is 30.5 Å². The number of benzene rings is 2. The Hall–Kier alpha value is -3.75. The summed E-state index contributed by atoms with van der Waals surface area (Å²) in [5, 5.41) is 10.8. The van der Waals surface area contributed by atoms with Gasteiger partial charge in [-0.1, -0.05) is 38.8 Å². The summed E-state index contributed by atoms with van der Waals surface area (Å²) in [6.45, 7) is 11.0. The van der Waals surface area contributed by atoms with E-state index in [4.69, 9.17) is 4.74 Å². The molecule has 44 heavy (non-hydrogen) atoms. The molecule has 0 amide bonds. The third-order valence-corrected chi connectivity index (χ3v) is 9.52. The van der Waals surface area contributed by atoms with Crippen LogP contribution in [0, 0.1) is 0 Å². The number of aromatic carboxylic acids is 1. The maximum Gasteiger partial charge on any atom is 0.335 e. The second-order valence-corrected chi connectivity index (χ2v) is 12.1. The molecule has 0 radical (unpaired) electrons. The van der Waals surface area contributed by atoms with Crippen molar-refractivity contribution in [2.45, 2.75) is 71.3 Å². The van der Waals surface area contributed by atoms with Crippen LogP contribution in [0.2, 0.25) is 0 Å². The van der Waals surface area contributed by atoms with Crippen molar-refractivity contribution in [3.63, 3.8) is 0 Å². The Morgan fingerprint density at radius 2 is 1.93 bits per heavy atom. The summed E-state index contributed by atoms with van der Waals surface area (Å²) < 4.78 is 24.3. The van der Waals surface area contributed by atoms with Gasteiger partial charge in [-0.05, 0) is 73.5 Å². The van der Waals surface area contributed by atoms with Gasteiger partial charge in [0, 0.05) is 73.1 Å². The van der Waals surface area contributed by atoms with Crippen molar-refractivity contribution < 1.29 is 19.0 Å². The lowest BCUT2D eigenvalue weighted by Crippen LogP contribution is -2.37. The Labute approximate surface area is 259 Å². The van der Waals surface area contributed by atoms with E-state index in [-0.39, 0.29) is 11.5 Å². The van der Waals surface area contributed by atoms with Gasteiger partial charge in [-0.2, -0.15) is 0 Å².